The van der Waals surface area contributed by atoms with Crippen LogP contribution in [0.5, 0.6) is 0 Å². The van der Waals surface area contributed by atoms with Crippen molar-refractivity contribution < 1.29 is 14.7 Å². The van der Waals surface area contributed by atoms with Gasteiger partial charge in [-0.25, -0.2) is 9.97 Å². The number of aliphatic hydroxyl groups excluding tert-OH is 1. The molecule has 2 amide bonds. The predicted octanol–water partition coefficient (Wildman–Crippen LogP) is 2.54. The molecule has 0 bridgehead atoms. The fraction of sp³-hybridized carbons (Fsp3) is 0.273. The van der Waals surface area contributed by atoms with E-state index in [9.17, 15) is 14.7 Å². The number of aromatic nitrogens is 2. The second-order valence-corrected chi connectivity index (χ2v) is 8.12. The van der Waals surface area contributed by atoms with Crippen LogP contribution in [-0.2, 0) is 16.1 Å². The van der Waals surface area contributed by atoms with Gasteiger partial charge in [0, 0.05) is 12.7 Å². The molecule has 1 saturated heterocycles. The minimum Gasteiger partial charge on any atom is -0.391 e. The zero-order valence-corrected chi connectivity index (χ0v) is 17.3. The number of aliphatic hydroxyl groups is 1. The van der Waals surface area contributed by atoms with Crippen molar-refractivity contribution in [2.45, 2.75) is 26.0 Å². The summed E-state index contributed by atoms with van der Waals surface area (Å²) < 4.78 is 0. The summed E-state index contributed by atoms with van der Waals surface area (Å²) in [7, 11) is 0. The van der Waals surface area contributed by atoms with E-state index >= 15 is 0 Å². The Morgan fingerprint density at radius 1 is 1.23 bits per heavy atom. The number of carbonyl (C=O) groups is 2. The topological polar surface area (TPSA) is 95.4 Å². The van der Waals surface area contributed by atoms with Crippen LogP contribution in [0.4, 0.5) is 5.82 Å². The van der Waals surface area contributed by atoms with Crippen LogP contribution in [0.15, 0.2) is 54.2 Å². The number of carbonyl (C=O) groups excluding carboxylic acids is 2. The van der Waals surface area contributed by atoms with Crippen LogP contribution < -0.4 is 10.2 Å². The van der Waals surface area contributed by atoms with Crippen LogP contribution in [0.25, 0.3) is 10.4 Å². The molecule has 0 radical (unpaired) electrons. The minimum atomic E-state index is -0.935. The fourth-order valence-corrected chi connectivity index (χ4v) is 4.35. The maximum absolute atomic E-state index is 12.8. The van der Waals surface area contributed by atoms with E-state index < -0.39 is 12.0 Å². The second kappa shape index (κ2) is 8.73. The molecule has 0 aliphatic carbocycles. The Morgan fingerprint density at radius 2 is 2.03 bits per heavy atom. The zero-order chi connectivity index (χ0) is 21.1. The van der Waals surface area contributed by atoms with Crippen LogP contribution in [0.2, 0.25) is 0 Å². The van der Waals surface area contributed by atoms with Crippen molar-refractivity contribution in [2.75, 3.05) is 11.4 Å². The summed E-state index contributed by atoms with van der Waals surface area (Å²) in [6.45, 7) is 2.42. The molecule has 2 atom stereocenters. The summed E-state index contributed by atoms with van der Waals surface area (Å²) in [6.07, 6.45) is 0.913. The number of pyridine rings is 1. The molecular formula is C22H22N4O3S. The number of nitrogens with zero attached hydrogens (tertiary/aromatic N) is 3. The van der Waals surface area contributed by atoms with Crippen molar-refractivity contribution in [3.05, 3.63) is 65.4 Å². The Balaban J connectivity index is 1.41. The van der Waals surface area contributed by atoms with E-state index in [1.165, 1.54) is 4.90 Å². The van der Waals surface area contributed by atoms with Gasteiger partial charge in [0.25, 0.3) is 0 Å². The van der Waals surface area contributed by atoms with Gasteiger partial charge in [0.1, 0.15) is 11.7 Å². The number of nitrogens with one attached hydrogen (secondary N) is 1. The van der Waals surface area contributed by atoms with Crippen LogP contribution >= 0.6 is 11.3 Å². The summed E-state index contributed by atoms with van der Waals surface area (Å²) >= 11 is 1.59. The Kier molecular flexibility index (Phi) is 5.87. The second-order valence-electron chi connectivity index (χ2n) is 7.26. The zero-order valence-electron chi connectivity index (χ0n) is 16.5. The number of benzene rings is 1. The third kappa shape index (κ3) is 4.24. The molecule has 1 aliphatic rings. The highest BCUT2D eigenvalue weighted by Gasteiger charge is 2.39. The van der Waals surface area contributed by atoms with Gasteiger partial charge in [0.2, 0.25) is 11.8 Å². The van der Waals surface area contributed by atoms with Crippen molar-refractivity contribution in [2.24, 2.45) is 5.92 Å². The van der Waals surface area contributed by atoms with Crippen molar-refractivity contribution in [1.82, 2.24) is 15.3 Å². The molecule has 1 aromatic carbocycles. The average molecular weight is 423 g/mol. The highest BCUT2D eigenvalue weighted by Crippen LogP contribution is 2.27. The van der Waals surface area contributed by atoms with Gasteiger partial charge in [-0.15, -0.1) is 11.3 Å². The summed E-state index contributed by atoms with van der Waals surface area (Å²) in [4.78, 5) is 36.5. The van der Waals surface area contributed by atoms with E-state index in [-0.39, 0.29) is 24.8 Å². The number of hydrogen-bond acceptors (Lipinski definition) is 6. The molecule has 1 aliphatic heterocycles. The summed E-state index contributed by atoms with van der Waals surface area (Å²) in [5, 5.41) is 13.0. The third-order valence-corrected chi connectivity index (χ3v) is 6.11. The van der Waals surface area contributed by atoms with Gasteiger partial charge >= 0.3 is 0 Å². The summed E-state index contributed by atoms with van der Waals surface area (Å²) in [6, 6.07) is 13.1. The predicted molar refractivity (Wildman–Crippen MR) is 115 cm³/mol. The van der Waals surface area contributed by atoms with Crippen molar-refractivity contribution >= 4 is 29.0 Å². The monoisotopic (exact) mass is 422 g/mol. The van der Waals surface area contributed by atoms with Crippen LogP contribution in [0.3, 0.4) is 0 Å². The van der Waals surface area contributed by atoms with Crippen LogP contribution in [0.1, 0.15) is 17.7 Å². The van der Waals surface area contributed by atoms with Crippen molar-refractivity contribution in [3.8, 4) is 10.4 Å². The molecule has 30 heavy (non-hydrogen) atoms. The molecule has 0 saturated carbocycles. The Morgan fingerprint density at radius 3 is 2.70 bits per heavy atom. The lowest BCUT2D eigenvalue weighted by Gasteiger charge is -2.33. The molecule has 4 rings (SSSR count). The van der Waals surface area contributed by atoms with Gasteiger partial charge in [-0.1, -0.05) is 30.3 Å². The van der Waals surface area contributed by atoms with Gasteiger partial charge in [0.05, 0.1) is 28.7 Å². The first-order valence-corrected chi connectivity index (χ1v) is 10.6. The number of aryl methyl sites for hydroxylation is 1. The number of rotatable bonds is 5. The minimum absolute atomic E-state index is 0.109. The molecule has 0 spiro atoms. The Bertz CT molecular complexity index is 1040. The first-order chi connectivity index (χ1) is 14.5. The van der Waals surface area contributed by atoms with Crippen LogP contribution in [-0.4, -0.2) is 39.5 Å². The number of hydrogen-bond donors (Lipinski definition) is 2. The average Bonchev–Trinajstić information content (AvgIpc) is 3.20. The van der Waals surface area contributed by atoms with Gasteiger partial charge in [-0.3, -0.25) is 14.5 Å². The molecule has 2 aromatic heterocycles. The smallest absolute Gasteiger partial charge is 0.240 e. The van der Waals surface area contributed by atoms with E-state index in [2.05, 4.69) is 15.3 Å². The maximum atomic E-state index is 12.8. The highest BCUT2D eigenvalue weighted by atomic mass is 32.1. The van der Waals surface area contributed by atoms with Crippen molar-refractivity contribution in [1.29, 1.82) is 0 Å². The molecule has 2 N–H and O–H groups in total. The molecule has 0 unspecified atom stereocenters. The molecule has 7 nitrogen and oxygen atoms in total. The number of thiazole rings is 1. The van der Waals surface area contributed by atoms with E-state index in [4.69, 9.17) is 0 Å². The van der Waals surface area contributed by atoms with E-state index in [0.717, 1.165) is 21.7 Å². The first-order valence-electron chi connectivity index (χ1n) is 9.70. The molecule has 3 heterocycles. The fourth-order valence-electron chi connectivity index (χ4n) is 3.54. The van der Waals surface area contributed by atoms with Crippen LogP contribution in [0, 0.1) is 12.8 Å². The molecule has 3 aromatic rings. The lowest BCUT2D eigenvalue weighted by Crippen LogP contribution is -2.52. The van der Waals surface area contributed by atoms with E-state index in [0.29, 0.717) is 12.4 Å². The first kappa shape index (κ1) is 20.2. The normalized spacial score (nSPS) is 19.0. The van der Waals surface area contributed by atoms with E-state index in [1.807, 2.05) is 36.7 Å². The molecule has 154 valence electrons. The number of amides is 2. The van der Waals surface area contributed by atoms with Crippen molar-refractivity contribution in [3.63, 3.8) is 0 Å². The summed E-state index contributed by atoms with van der Waals surface area (Å²) in [5.74, 6) is -1.22. The van der Waals surface area contributed by atoms with Gasteiger partial charge in [-0.05, 0) is 36.6 Å². The number of piperidine rings is 1. The lowest BCUT2D eigenvalue weighted by molar-refractivity contribution is -0.137. The largest absolute Gasteiger partial charge is 0.391 e. The summed E-state index contributed by atoms with van der Waals surface area (Å²) in [5.41, 5.74) is 4.83. The Labute approximate surface area is 178 Å². The quantitative estimate of drug-likeness (QED) is 0.616. The molecular weight excluding hydrogens is 400 g/mol. The number of β-amino-alcohol motifs (C(OH)–C–C–N with tert-alkyl or cyclic N) is 1. The molecule has 1 fully saturated rings. The standard InChI is InChI=1S/C22H22N4O3S/c1-14-20(30-13-25-14)16-7-5-15(6-8-16)11-24-21(28)18-10-17(27)12-26(22(18)29)19-4-2-3-9-23-19/h2-9,13,17-18,27H,10-12H2,1H3,(H,24,28)/t17-,18-/m1/s1. The third-order valence-electron chi connectivity index (χ3n) is 5.14. The number of anilines is 1. The van der Waals surface area contributed by atoms with Gasteiger partial charge in [0.15, 0.2) is 0 Å². The van der Waals surface area contributed by atoms with Gasteiger partial charge < -0.3 is 10.4 Å². The lowest BCUT2D eigenvalue weighted by atomic mass is 9.94. The van der Waals surface area contributed by atoms with E-state index in [1.54, 1.807) is 35.7 Å². The molecule has 8 heteroatoms. The maximum Gasteiger partial charge on any atom is 0.240 e. The highest BCUT2D eigenvalue weighted by molar-refractivity contribution is 7.13. The SMILES string of the molecule is Cc1ncsc1-c1ccc(CNC(=O)[C@H]2C[C@@H](O)CN(c3ccccn3)C2=O)cc1. The van der Waals surface area contributed by atoms with Gasteiger partial charge in [-0.2, -0.15) is 0 Å². The Hall–Kier alpha value is -3.10.